The van der Waals surface area contributed by atoms with E-state index in [2.05, 4.69) is 4.74 Å². The van der Waals surface area contributed by atoms with Crippen molar-refractivity contribution in [3.63, 3.8) is 0 Å². The molecule has 0 aliphatic carbocycles. The second-order valence-electron chi connectivity index (χ2n) is 3.54. The van der Waals surface area contributed by atoms with Crippen LogP contribution in [0.3, 0.4) is 0 Å². The summed E-state index contributed by atoms with van der Waals surface area (Å²) in [4.78, 5) is 0. The van der Waals surface area contributed by atoms with E-state index in [0.29, 0.717) is 0 Å². The molecule has 0 radical (unpaired) electrons. The fourth-order valence-electron chi connectivity index (χ4n) is 1.37. The lowest BCUT2D eigenvalue weighted by atomic mass is 10.1. The summed E-state index contributed by atoms with van der Waals surface area (Å²) in [5.74, 6) is -0.546. The minimum absolute atomic E-state index is 0.0876. The number of hydrogen-bond acceptors (Lipinski definition) is 3. The molecular weight excluding hydrogens is 273 g/mol. The van der Waals surface area contributed by atoms with Gasteiger partial charge in [0.1, 0.15) is 6.04 Å². The average Bonchev–Trinajstić information content (AvgIpc) is 2.29. The number of halogens is 5. The maximum atomic E-state index is 12.4. The summed E-state index contributed by atoms with van der Waals surface area (Å²) in [5, 5.41) is 0. The number of nitrogens with two attached hydrogens (primary N) is 1. The van der Waals surface area contributed by atoms with Gasteiger partial charge >= 0.3 is 12.8 Å². The summed E-state index contributed by atoms with van der Waals surface area (Å²) in [5.41, 5.74) is 4.72. The SMILES string of the molecule is CCOc1cc(C(N)C(F)(F)F)ccc1OC(F)F. The molecule has 0 bridgehead atoms. The summed E-state index contributed by atoms with van der Waals surface area (Å²) >= 11 is 0. The molecule has 8 heteroatoms. The van der Waals surface area contributed by atoms with Crippen LogP contribution in [-0.2, 0) is 0 Å². The zero-order valence-electron chi connectivity index (χ0n) is 9.88. The Labute approximate surface area is 106 Å². The van der Waals surface area contributed by atoms with Gasteiger partial charge in [0.05, 0.1) is 6.61 Å². The summed E-state index contributed by atoms with van der Waals surface area (Å²) in [6.07, 6.45) is -4.63. The van der Waals surface area contributed by atoms with Gasteiger partial charge in [0.2, 0.25) is 0 Å². The minimum Gasteiger partial charge on any atom is -0.490 e. The lowest BCUT2D eigenvalue weighted by Crippen LogP contribution is -2.28. The van der Waals surface area contributed by atoms with Crippen molar-refractivity contribution in [1.29, 1.82) is 0 Å². The lowest BCUT2D eigenvalue weighted by molar-refractivity contribution is -0.149. The highest BCUT2D eigenvalue weighted by molar-refractivity contribution is 5.44. The van der Waals surface area contributed by atoms with Gasteiger partial charge in [-0.3, -0.25) is 0 Å². The summed E-state index contributed by atoms with van der Waals surface area (Å²) in [6, 6.07) is 0.669. The van der Waals surface area contributed by atoms with E-state index >= 15 is 0 Å². The second-order valence-corrected chi connectivity index (χ2v) is 3.54. The Kier molecular flexibility index (Phi) is 4.93. The van der Waals surface area contributed by atoms with Crippen LogP contribution in [0.5, 0.6) is 11.5 Å². The van der Waals surface area contributed by atoms with E-state index in [0.717, 1.165) is 18.2 Å². The molecule has 0 saturated carbocycles. The van der Waals surface area contributed by atoms with Crippen molar-refractivity contribution in [3.05, 3.63) is 23.8 Å². The van der Waals surface area contributed by atoms with Gasteiger partial charge < -0.3 is 15.2 Å². The topological polar surface area (TPSA) is 44.5 Å². The van der Waals surface area contributed by atoms with Gasteiger partial charge in [-0.25, -0.2) is 0 Å². The van der Waals surface area contributed by atoms with E-state index < -0.39 is 18.8 Å². The number of alkyl halides is 5. The highest BCUT2D eigenvalue weighted by Crippen LogP contribution is 2.36. The van der Waals surface area contributed by atoms with Crippen molar-refractivity contribution in [2.45, 2.75) is 25.8 Å². The largest absolute Gasteiger partial charge is 0.490 e. The standard InChI is InChI=1S/C11H12F5NO2/c1-2-18-8-5-6(9(17)11(14,15)16)3-4-7(8)19-10(12)13/h3-5,9-10H,2,17H2,1H3. The Balaban J connectivity index is 3.08. The molecule has 0 fully saturated rings. The molecule has 0 aromatic heterocycles. The van der Waals surface area contributed by atoms with Crippen molar-refractivity contribution in [1.82, 2.24) is 0 Å². The molecule has 1 atom stereocenters. The molecule has 0 spiro atoms. The third kappa shape index (κ3) is 4.23. The normalized spacial score (nSPS) is 13.5. The predicted molar refractivity (Wildman–Crippen MR) is 57.2 cm³/mol. The molecular formula is C11H12F5NO2. The molecule has 19 heavy (non-hydrogen) atoms. The first-order valence-corrected chi connectivity index (χ1v) is 5.29. The predicted octanol–water partition coefficient (Wildman–Crippen LogP) is 3.25. The smallest absolute Gasteiger partial charge is 0.407 e. The number of hydrogen-bond donors (Lipinski definition) is 1. The Hall–Kier alpha value is -1.57. The second kappa shape index (κ2) is 6.05. The highest BCUT2D eigenvalue weighted by atomic mass is 19.4. The van der Waals surface area contributed by atoms with Crippen LogP contribution in [0, 0.1) is 0 Å². The van der Waals surface area contributed by atoms with Crippen LogP contribution in [0.15, 0.2) is 18.2 Å². The molecule has 1 aromatic rings. The van der Waals surface area contributed by atoms with Crippen molar-refractivity contribution in [3.8, 4) is 11.5 Å². The molecule has 1 aromatic carbocycles. The van der Waals surface area contributed by atoms with Crippen LogP contribution in [0.25, 0.3) is 0 Å². The van der Waals surface area contributed by atoms with E-state index in [9.17, 15) is 22.0 Å². The number of rotatable bonds is 5. The van der Waals surface area contributed by atoms with Gasteiger partial charge in [-0.05, 0) is 24.6 Å². The van der Waals surface area contributed by atoms with Crippen LogP contribution in [0.1, 0.15) is 18.5 Å². The van der Waals surface area contributed by atoms with Gasteiger partial charge in [0.25, 0.3) is 0 Å². The molecule has 0 saturated heterocycles. The quantitative estimate of drug-likeness (QED) is 0.845. The zero-order valence-corrected chi connectivity index (χ0v) is 9.88. The molecule has 2 N–H and O–H groups in total. The molecule has 0 heterocycles. The molecule has 0 aliphatic rings. The van der Waals surface area contributed by atoms with Crippen LogP contribution in [-0.4, -0.2) is 19.4 Å². The Morgan fingerprint density at radius 1 is 1.21 bits per heavy atom. The molecule has 1 unspecified atom stereocenters. The molecule has 0 aliphatic heterocycles. The van der Waals surface area contributed by atoms with E-state index in [1.165, 1.54) is 0 Å². The van der Waals surface area contributed by atoms with Gasteiger partial charge in [-0.2, -0.15) is 22.0 Å². The van der Waals surface area contributed by atoms with E-state index in [-0.39, 0.29) is 23.7 Å². The summed E-state index contributed by atoms with van der Waals surface area (Å²) < 4.78 is 70.6. The van der Waals surface area contributed by atoms with Crippen molar-refractivity contribution in [2.75, 3.05) is 6.61 Å². The van der Waals surface area contributed by atoms with Crippen molar-refractivity contribution in [2.24, 2.45) is 5.73 Å². The van der Waals surface area contributed by atoms with E-state index in [1.54, 1.807) is 6.92 Å². The monoisotopic (exact) mass is 285 g/mol. The van der Waals surface area contributed by atoms with Gasteiger partial charge in [0, 0.05) is 0 Å². The first kappa shape index (κ1) is 15.5. The van der Waals surface area contributed by atoms with E-state index in [1.807, 2.05) is 0 Å². The fourth-order valence-corrected chi connectivity index (χ4v) is 1.37. The van der Waals surface area contributed by atoms with Gasteiger partial charge in [-0.1, -0.05) is 6.07 Å². The Morgan fingerprint density at radius 2 is 1.84 bits per heavy atom. The molecule has 0 amide bonds. The fraction of sp³-hybridized carbons (Fsp3) is 0.455. The first-order chi connectivity index (χ1) is 8.75. The van der Waals surface area contributed by atoms with Crippen LogP contribution >= 0.6 is 0 Å². The average molecular weight is 285 g/mol. The first-order valence-electron chi connectivity index (χ1n) is 5.29. The Morgan fingerprint density at radius 3 is 2.32 bits per heavy atom. The summed E-state index contributed by atoms with van der Waals surface area (Å²) in [6.45, 7) is -1.45. The third-order valence-corrected chi connectivity index (χ3v) is 2.20. The van der Waals surface area contributed by atoms with E-state index in [4.69, 9.17) is 10.5 Å². The van der Waals surface area contributed by atoms with Crippen LogP contribution < -0.4 is 15.2 Å². The maximum Gasteiger partial charge on any atom is 0.407 e. The van der Waals surface area contributed by atoms with Crippen molar-refractivity contribution < 1.29 is 31.4 Å². The summed E-state index contributed by atoms with van der Waals surface area (Å²) in [7, 11) is 0. The molecule has 1 rings (SSSR count). The van der Waals surface area contributed by atoms with Crippen LogP contribution in [0.2, 0.25) is 0 Å². The Bertz CT molecular complexity index is 422. The lowest BCUT2D eigenvalue weighted by Gasteiger charge is -2.18. The molecule has 108 valence electrons. The van der Waals surface area contributed by atoms with Gasteiger partial charge in [0.15, 0.2) is 11.5 Å². The third-order valence-electron chi connectivity index (χ3n) is 2.20. The maximum absolute atomic E-state index is 12.4. The highest BCUT2D eigenvalue weighted by Gasteiger charge is 2.38. The number of benzene rings is 1. The zero-order chi connectivity index (χ0) is 14.6. The minimum atomic E-state index is -4.63. The van der Waals surface area contributed by atoms with Gasteiger partial charge in [-0.15, -0.1) is 0 Å². The number of ether oxygens (including phenoxy) is 2. The van der Waals surface area contributed by atoms with Crippen LogP contribution in [0.4, 0.5) is 22.0 Å². The van der Waals surface area contributed by atoms with Crippen molar-refractivity contribution >= 4 is 0 Å². The molecule has 3 nitrogen and oxygen atoms in total.